The second kappa shape index (κ2) is 8.57. The minimum Gasteiger partial charge on any atom is -0.399 e. The molecule has 0 fully saturated rings. The van der Waals surface area contributed by atoms with Crippen LogP contribution in [0.3, 0.4) is 0 Å². The van der Waals surface area contributed by atoms with Gasteiger partial charge in [-0.1, -0.05) is 38.3 Å². The highest BCUT2D eigenvalue weighted by atomic mass is 16.2. The molecule has 3 heteroatoms. The molecule has 106 valence electrons. The molecule has 1 amide bonds. The van der Waals surface area contributed by atoms with E-state index in [1.165, 1.54) is 12.8 Å². The fourth-order valence-corrected chi connectivity index (χ4v) is 2.08. The molecule has 0 aliphatic rings. The van der Waals surface area contributed by atoms with Crippen molar-refractivity contribution in [2.45, 2.75) is 52.5 Å². The molecule has 1 aromatic carbocycles. The number of hydrogen-bond donors (Lipinski definition) is 1. The van der Waals surface area contributed by atoms with Crippen molar-refractivity contribution < 1.29 is 4.79 Å². The summed E-state index contributed by atoms with van der Waals surface area (Å²) in [7, 11) is 0. The standard InChI is InChI=1S/C16H26N2O/c1-3-5-6-7-8-16(19)18(4-2)13-14-9-11-15(17)12-10-14/h9-12H,3-8,13,17H2,1-2H3. The molecule has 0 saturated heterocycles. The number of carbonyl (C=O) groups excluding carboxylic acids is 1. The van der Waals surface area contributed by atoms with Gasteiger partial charge in [0.2, 0.25) is 5.91 Å². The molecule has 0 aliphatic heterocycles. The summed E-state index contributed by atoms with van der Waals surface area (Å²) in [4.78, 5) is 14.0. The van der Waals surface area contributed by atoms with Gasteiger partial charge in [-0.2, -0.15) is 0 Å². The summed E-state index contributed by atoms with van der Waals surface area (Å²) < 4.78 is 0. The second-order valence-electron chi connectivity index (χ2n) is 4.96. The molecule has 2 N–H and O–H groups in total. The lowest BCUT2D eigenvalue weighted by Gasteiger charge is -2.21. The average Bonchev–Trinajstić information content (AvgIpc) is 2.42. The van der Waals surface area contributed by atoms with Gasteiger partial charge in [0.15, 0.2) is 0 Å². The predicted octanol–water partition coefficient (Wildman–Crippen LogP) is 3.59. The molecular formula is C16H26N2O. The summed E-state index contributed by atoms with van der Waals surface area (Å²) in [6, 6.07) is 7.74. The van der Waals surface area contributed by atoms with Gasteiger partial charge in [-0.05, 0) is 31.0 Å². The number of rotatable bonds is 8. The van der Waals surface area contributed by atoms with Gasteiger partial charge in [0, 0.05) is 25.2 Å². The maximum absolute atomic E-state index is 12.1. The number of carbonyl (C=O) groups is 1. The molecule has 1 aromatic rings. The van der Waals surface area contributed by atoms with Gasteiger partial charge >= 0.3 is 0 Å². The van der Waals surface area contributed by atoms with Crippen LogP contribution in [0.1, 0.15) is 51.5 Å². The Morgan fingerprint density at radius 2 is 1.79 bits per heavy atom. The van der Waals surface area contributed by atoms with Crippen LogP contribution >= 0.6 is 0 Å². The van der Waals surface area contributed by atoms with Crippen LogP contribution in [0.2, 0.25) is 0 Å². The van der Waals surface area contributed by atoms with Gasteiger partial charge in [0.1, 0.15) is 0 Å². The van der Waals surface area contributed by atoms with Crippen LogP contribution < -0.4 is 5.73 Å². The van der Waals surface area contributed by atoms with Crippen molar-refractivity contribution in [1.29, 1.82) is 0 Å². The van der Waals surface area contributed by atoms with E-state index in [1.807, 2.05) is 36.1 Å². The summed E-state index contributed by atoms with van der Waals surface area (Å²) in [5.41, 5.74) is 7.56. The first-order valence-corrected chi connectivity index (χ1v) is 7.29. The van der Waals surface area contributed by atoms with E-state index in [-0.39, 0.29) is 5.91 Å². The van der Waals surface area contributed by atoms with E-state index in [4.69, 9.17) is 5.73 Å². The van der Waals surface area contributed by atoms with E-state index >= 15 is 0 Å². The Bertz CT molecular complexity index is 373. The minimum atomic E-state index is 0.260. The molecule has 3 nitrogen and oxygen atoms in total. The second-order valence-corrected chi connectivity index (χ2v) is 4.96. The molecule has 0 heterocycles. The molecule has 19 heavy (non-hydrogen) atoms. The Labute approximate surface area is 116 Å². The minimum absolute atomic E-state index is 0.260. The van der Waals surface area contributed by atoms with Crippen LogP contribution in [0.25, 0.3) is 0 Å². The highest BCUT2D eigenvalue weighted by Gasteiger charge is 2.11. The van der Waals surface area contributed by atoms with Crippen LogP contribution in [-0.2, 0) is 11.3 Å². The normalized spacial score (nSPS) is 10.4. The quantitative estimate of drug-likeness (QED) is 0.575. The molecule has 0 spiro atoms. The van der Waals surface area contributed by atoms with Crippen LogP contribution in [0, 0.1) is 0 Å². The number of nitrogens with two attached hydrogens (primary N) is 1. The maximum atomic E-state index is 12.1. The highest BCUT2D eigenvalue weighted by molar-refractivity contribution is 5.76. The lowest BCUT2D eigenvalue weighted by Crippen LogP contribution is -2.30. The molecule has 0 aliphatic carbocycles. The summed E-state index contributed by atoms with van der Waals surface area (Å²) in [5.74, 6) is 0.260. The molecule has 0 aromatic heterocycles. The predicted molar refractivity (Wildman–Crippen MR) is 80.7 cm³/mol. The number of nitrogen functional groups attached to an aromatic ring is 1. The largest absolute Gasteiger partial charge is 0.399 e. The number of nitrogens with zero attached hydrogens (tertiary/aromatic N) is 1. The Hall–Kier alpha value is -1.51. The van der Waals surface area contributed by atoms with Gasteiger partial charge in [-0.15, -0.1) is 0 Å². The molecule has 0 bridgehead atoms. The third kappa shape index (κ3) is 5.77. The number of unbranched alkanes of at least 4 members (excludes halogenated alkanes) is 3. The SMILES string of the molecule is CCCCCCC(=O)N(CC)Cc1ccc(N)cc1. The summed E-state index contributed by atoms with van der Waals surface area (Å²) >= 11 is 0. The van der Waals surface area contributed by atoms with Crippen molar-refractivity contribution in [2.75, 3.05) is 12.3 Å². The van der Waals surface area contributed by atoms with Gasteiger partial charge in [0.25, 0.3) is 0 Å². The topological polar surface area (TPSA) is 46.3 Å². The van der Waals surface area contributed by atoms with Crippen molar-refractivity contribution in [3.63, 3.8) is 0 Å². The summed E-state index contributed by atoms with van der Waals surface area (Å²) in [6.07, 6.45) is 5.25. The third-order valence-electron chi connectivity index (χ3n) is 3.33. The molecule has 0 saturated carbocycles. The molecule has 0 atom stereocenters. The zero-order chi connectivity index (χ0) is 14.1. The molecule has 1 rings (SSSR count). The van der Waals surface area contributed by atoms with Crippen LogP contribution in [-0.4, -0.2) is 17.4 Å². The van der Waals surface area contributed by atoms with Crippen LogP contribution in [0.5, 0.6) is 0 Å². The first-order chi connectivity index (χ1) is 9.17. The fourth-order valence-electron chi connectivity index (χ4n) is 2.08. The van der Waals surface area contributed by atoms with Crippen LogP contribution in [0.4, 0.5) is 5.69 Å². The Morgan fingerprint density at radius 1 is 1.11 bits per heavy atom. The Balaban J connectivity index is 2.43. The van der Waals surface area contributed by atoms with Crippen molar-refractivity contribution in [2.24, 2.45) is 0 Å². The van der Waals surface area contributed by atoms with Gasteiger partial charge in [-0.3, -0.25) is 4.79 Å². The monoisotopic (exact) mass is 262 g/mol. The van der Waals surface area contributed by atoms with E-state index in [0.717, 1.165) is 30.6 Å². The van der Waals surface area contributed by atoms with Crippen molar-refractivity contribution in [3.05, 3.63) is 29.8 Å². The average molecular weight is 262 g/mol. The fraction of sp³-hybridized carbons (Fsp3) is 0.562. The third-order valence-corrected chi connectivity index (χ3v) is 3.33. The molecular weight excluding hydrogens is 236 g/mol. The first kappa shape index (κ1) is 15.5. The lowest BCUT2D eigenvalue weighted by atomic mass is 10.1. The van der Waals surface area contributed by atoms with Gasteiger partial charge < -0.3 is 10.6 Å². The molecule has 0 unspecified atom stereocenters. The lowest BCUT2D eigenvalue weighted by molar-refractivity contribution is -0.131. The highest BCUT2D eigenvalue weighted by Crippen LogP contribution is 2.11. The number of amides is 1. The van der Waals surface area contributed by atoms with Gasteiger partial charge in [0.05, 0.1) is 0 Å². The Kier molecular flexibility index (Phi) is 7.01. The smallest absolute Gasteiger partial charge is 0.222 e. The molecule has 0 radical (unpaired) electrons. The maximum Gasteiger partial charge on any atom is 0.222 e. The van der Waals surface area contributed by atoms with E-state index < -0.39 is 0 Å². The summed E-state index contributed by atoms with van der Waals surface area (Å²) in [6.45, 7) is 5.66. The first-order valence-electron chi connectivity index (χ1n) is 7.29. The number of hydrogen-bond acceptors (Lipinski definition) is 2. The van der Waals surface area contributed by atoms with Gasteiger partial charge in [-0.25, -0.2) is 0 Å². The van der Waals surface area contributed by atoms with E-state index in [1.54, 1.807) is 0 Å². The zero-order valence-corrected chi connectivity index (χ0v) is 12.2. The van der Waals surface area contributed by atoms with Crippen molar-refractivity contribution in [3.8, 4) is 0 Å². The van der Waals surface area contributed by atoms with Crippen molar-refractivity contribution >= 4 is 11.6 Å². The Morgan fingerprint density at radius 3 is 2.37 bits per heavy atom. The van der Waals surface area contributed by atoms with E-state index in [9.17, 15) is 4.79 Å². The van der Waals surface area contributed by atoms with E-state index in [2.05, 4.69) is 6.92 Å². The number of anilines is 1. The van der Waals surface area contributed by atoms with Crippen LogP contribution in [0.15, 0.2) is 24.3 Å². The zero-order valence-electron chi connectivity index (χ0n) is 12.2. The summed E-state index contributed by atoms with van der Waals surface area (Å²) in [5, 5.41) is 0. The van der Waals surface area contributed by atoms with E-state index in [0.29, 0.717) is 13.0 Å². The number of benzene rings is 1. The van der Waals surface area contributed by atoms with Crippen molar-refractivity contribution in [1.82, 2.24) is 4.90 Å².